The summed E-state index contributed by atoms with van der Waals surface area (Å²) in [4.78, 5) is 9.05. The van der Waals surface area contributed by atoms with Gasteiger partial charge in [-0.1, -0.05) is 0 Å². The topological polar surface area (TPSA) is 170 Å². The highest BCUT2D eigenvalue weighted by atomic mass is 31.3. The summed E-state index contributed by atoms with van der Waals surface area (Å²) in [5, 5.41) is 0. The third kappa shape index (κ3) is 8.62. The number of hydrogen-bond acceptors (Lipinski definition) is 12. The largest absolute Gasteiger partial charge is 0.492 e. The Hall–Kier alpha value is 0.830. The molecular formula is C4H15O13P5. The Morgan fingerprint density at radius 1 is 0.864 bits per heavy atom. The zero-order valence-corrected chi connectivity index (χ0v) is 16.4. The molecule has 134 valence electrons. The summed E-state index contributed by atoms with van der Waals surface area (Å²) < 4.78 is 86.4. The van der Waals surface area contributed by atoms with Crippen LogP contribution < -0.4 is 0 Å². The highest BCUT2D eigenvalue weighted by Crippen LogP contribution is 2.73. The summed E-state index contributed by atoms with van der Waals surface area (Å²) in [5.74, 6) is 0. The van der Waals surface area contributed by atoms with Gasteiger partial charge in [0.1, 0.15) is 0 Å². The first-order valence-electron chi connectivity index (χ1n) is 4.95. The molecule has 0 fully saturated rings. The third-order valence-corrected chi connectivity index (χ3v) is 9.38. The van der Waals surface area contributed by atoms with E-state index in [1.165, 1.54) is 0 Å². The van der Waals surface area contributed by atoms with Gasteiger partial charge >= 0.3 is 31.7 Å². The molecule has 0 spiro atoms. The summed E-state index contributed by atoms with van der Waals surface area (Å²) in [6.07, 6.45) is 0. The van der Waals surface area contributed by atoms with Crippen molar-refractivity contribution < 1.29 is 58.5 Å². The van der Waals surface area contributed by atoms with E-state index < -0.39 is 39.8 Å². The van der Waals surface area contributed by atoms with Gasteiger partial charge in [-0.15, -0.1) is 0 Å². The van der Waals surface area contributed by atoms with E-state index in [2.05, 4.69) is 30.8 Å². The Morgan fingerprint density at radius 3 is 1.73 bits per heavy atom. The van der Waals surface area contributed by atoms with Gasteiger partial charge in [-0.3, -0.25) is 27.0 Å². The Morgan fingerprint density at radius 2 is 1.36 bits per heavy atom. The van der Waals surface area contributed by atoms with Crippen LogP contribution in [0.3, 0.4) is 0 Å². The van der Waals surface area contributed by atoms with Crippen molar-refractivity contribution in [1.29, 1.82) is 0 Å². The van der Waals surface area contributed by atoms with Crippen molar-refractivity contribution in [1.82, 2.24) is 0 Å². The molecule has 0 aromatic carbocycles. The molecule has 1 N–H and O–H groups in total. The van der Waals surface area contributed by atoms with Gasteiger partial charge in [0.25, 0.3) is 0 Å². The lowest BCUT2D eigenvalue weighted by Crippen LogP contribution is -1.99. The third-order valence-electron chi connectivity index (χ3n) is 1.49. The molecule has 0 amide bonds. The summed E-state index contributed by atoms with van der Waals surface area (Å²) in [7, 11) is -18.8. The van der Waals surface area contributed by atoms with E-state index in [0.29, 0.717) is 0 Å². The van der Waals surface area contributed by atoms with Gasteiger partial charge in [-0.2, -0.15) is 8.62 Å². The zero-order valence-electron chi connectivity index (χ0n) is 11.7. The number of phosphoric acid groups is 3. The summed E-state index contributed by atoms with van der Waals surface area (Å²) in [5.41, 5.74) is 0. The molecule has 0 saturated carbocycles. The lowest BCUT2D eigenvalue weighted by atomic mass is 11.8. The van der Waals surface area contributed by atoms with E-state index in [1.54, 1.807) is 0 Å². The predicted molar refractivity (Wildman–Crippen MR) is 74.3 cm³/mol. The second-order valence-corrected chi connectivity index (χ2v) is 11.2. The van der Waals surface area contributed by atoms with Crippen molar-refractivity contribution in [3.05, 3.63) is 0 Å². The van der Waals surface area contributed by atoms with E-state index in [0.717, 1.165) is 28.0 Å². The summed E-state index contributed by atoms with van der Waals surface area (Å²) in [6, 6.07) is 0. The van der Waals surface area contributed by atoms with Crippen molar-refractivity contribution in [3.8, 4) is 0 Å². The van der Waals surface area contributed by atoms with E-state index in [4.69, 9.17) is 4.89 Å². The predicted octanol–water partition coefficient (Wildman–Crippen LogP) is 2.80. The fourth-order valence-corrected chi connectivity index (χ4v) is 7.01. The smallest absolute Gasteiger partial charge is 0.302 e. The van der Waals surface area contributed by atoms with Crippen LogP contribution in [0.5, 0.6) is 0 Å². The standard InChI is InChI=1S/C4H15O13P5/c1-11-20(7,8)16-22(10,13-3)17-21(9,12-2)15-19(6)14-18(4)5/h18-19H,1-4H3,(H,7,8). The quantitative estimate of drug-likeness (QED) is 0.479. The van der Waals surface area contributed by atoms with Crippen molar-refractivity contribution in [3.63, 3.8) is 0 Å². The fraction of sp³-hybridized carbons (Fsp3) is 1.00. The van der Waals surface area contributed by atoms with Gasteiger partial charge < -0.3 is 4.89 Å². The number of phosphoric ester groups is 1. The van der Waals surface area contributed by atoms with Crippen molar-refractivity contribution in [2.24, 2.45) is 0 Å². The highest BCUT2D eigenvalue weighted by Gasteiger charge is 2.45. The van der Waals surface area contributed by atoms with Crippen LogP contribution in [0.2, 0.25) is 0 Å². The zero-order chi connectivity index (χ0) is 17.6. The molecule has 0 aromatic rings. The maximum atomic E-state index is 12.0. The van der Waals surface area contributed by atoms with E-state index in [1.807, 2.05) is 0 Å². The van der Waals surface area contributed by atoms with E-state index >= 15 is 0 Å². The van der Waals surface area contributed by atoms with Crippen molar-refractivity contribution in [2.75, 3.05) is 28.0 Å². The summed E-state index contributed by atoms with van der Waals surface area (Å²) >= 11 is 0. The first-order chi connectivity index (χ1) is 9.91. The van der Waals surface area contributed by atoms with Crippen LogP contribution in [0.4, 0.5) is 0 Å². The Kier molecular flexibility index (Phi) is 9.70. The van der Waals surface area contributed by atoms with Crippen LogP contribution in [-0.2, 0) is 53.6 Å². The molecule has 0 aliphatic carbocycles. The average Bonchev–Trinajstić information content (AvgIpc) is 2.36. The molecular weight excluding hydrogens is 411 g/mol. The molecule has 22 heavy (non-hydrogen) atoms. The van der Waals surface area contributed by atoms with E-state index in [9.17, 15) is 22.8 Å². The minimum atomic E-state index is -4.97. The molecule has 0 bridgehead atoms. The lowest BCUT2D eigenvalue weighted by Gasteiger charge is -2.21. The van der Waals surface area contributed by atoms with Crippen LogP contribution in [0.1, 0.15) is 0 Å². The monoisotopic (exact) mass is 426 g/mol. The first-order valence-corrected chi connectivity index (χ1v) is 12.4. The van der Waals surface area contributed by atoms with Gasteiger partial charge in [0.2, 0.25) is 0 Å². The van der Waals surface area contributed by atoms with Crippen LogP contribution in [0, 0.1) is 0 Å². The minimum absolute atomic E-state index is 0.723. The van der Waals surface area contributed by atoms with E-state index in [-0.39, 0.29) is 0 Å². The molecule has 5 unspecified atom stereocenters. The average molecular weight is 426 g/mol. The maximum Gasteiger partial charge on any atom is 0.492 e. The molecule has 0 heterocycles. The van der Waals surface area contributed by atoms with Crippen LogP contribution in [0.15, 0.2) is 0 Å². The molecule has 13 nitrogen and oxygen atoms in total. The van der Waals surface area contributed by atoms with Gasteiger partial charge in [-0.05, 0) is 0 Å². The van der Waals surface area contributed by atoms with Gasteiger partial charge in [-0.25, -0.2) is 18.0 Å². The molecule has 0 aliphatic rings. The summed E-state index contributed by atoms with van der Waals surface area (Å²) in [6.45, 7) is 1.07. The number of hydrogen-bond donors (Lipinski definition) is 1. The van der Waals surface area contributed by atoms with Crippen LogP contribution >= 0.6 is 39.8 Å². The molecule has 0 rings (SSSR count). The van der Waals surface area contributed by atoms with Crippen molar-refractivity contribution >= 4 is 39.8 Å². The van der Waals surface area contributed by atoms with Crippen molar-refractivity contribution in [2.45, 2.75) is 0 Å². The molecule has 18 heteroatoms. The molecule has 5 atom stereocenters. The lowest BCUT2D eigenvalue weighted by molar-refractivity contribution is 0.170. The van der Waals surface area contributed by atoms with Gasteiger partial charge in [0, 0.05) is 28.0 Å². The Labute approximate surface area is 127 Å². The fourth-order valence-electron chi connectivity index (χ4n) is 0.678. The second-order valence-electron chi connectivity index (χ2n) is 3.01. The maximum absolute atomic E-state index is 12.0. The minimum Gasteiger partial charge on any atom is -0.302 e. The molecule has 0 radical (unpaired) electrons. The molecule has 0 saturated heterocycles. The number of rotatable bonds is 11. The molecule has 0 aliphatic heterocycles. The van der Waals surface area contributed by atoms with Gasteiger partial charge in [0.15, 0.2) is 8.03 Å². The Bertz CT molecular complexity index is 555. The SMILES string of the molecule is COP(=O)(O)OP(=O)(OC)OP(=O)(OC)O[PH](=O)O[PH](C)=O. The molecule has 0 aromatic heterocycles. The van der Waals surface area contributed by atoms with Crippen LogP contribution in [0.25, 0.3) is 0 Å². The highest BCUT2D eigenvalue weighted by molar-refractivity contribution is 7.69. The second kappa shape index (κ2) is 9.35. The first kappa shape index (κ1) is 22.8. The van der Waals surface area contributed by atoms with Gasteiger partial charge in [0.05, 0.1) is 0 Å². The Balaban J connectivity index is 5.19. The normalized spacial score (nSPS) is 23.0. The van der Waals surface area contributed by atoms with Crippen LogP contribution in [-0.4, -0.2) is 32.9 Å².